The highest BCUT2D eigenvalue weighted by molar-refractivity contribution is 8.56. The number of aliphatic hydroxyl groups excluding tert-OH is 1. The Labute approximate surface area is 227 Å². The second kappa shape index (κ2) is 10.7. The van der Waals surface area contributed by atoms with Crippen molar-refractivity contribution in [1.29, 1.82) is 0 Å². The zero-order chi connectivity index (χ0) is 27.9. The Balaban J connectivity index is 1.23. The first kappa shape index (κ1) is 27.8. The summed E-state index contributed by atoms with van der Waals surface area (Å²) in [6.07, 6.45) is -2.75. The van der Waals surface area contributed by atoms with E-state index >= 15 is 0 Å². The predicted octanol–water partition coefficient (Wildman–Crippen LogP) is 1.56. The van der Waals surface area contributed by atoms with Crippen molar-refractivity contribution in [2.45, 2.75) is 50.0 Å². The predicted molar refractivity (Wildman–Crippen MR) is 141 cm³/mol. The van der Waals surface area contributed by atoms with Gasteiger partial charge in [0.05, 0.1) is 20.0 Å². The molecular formula is C23H29N6O8PS. The Hall–Kier alpha value is -2.78. The van der Waals surface area contributed by atoms with E-state index in [0.29, 0.717) is 0 Å². The van der Waals surface area contributed by atoms with Crippen LogP contribution in [0.2, 0.25) is 0 Å². The summed E-state index contributed by atoms with van der Waals surface area (Å²) in [6, 6.07) is 8.43. The molecule has 2 aliphatic heterocycles. The van der Waals surface area contributed by atoms with Crippen molar-refractivity contribution < 1.29 is 38.3 Å². The van der Waals surface area contributed by atoms with Gasteiger partial charge in [0.25, 0.3) is 0 Å². The number of hydrogen-bond acceptors (Lipinski definition) is 13. The average Bonchev–Trinajstić information content (AvgIpc) is 3.57. The Kier molecular flexibility index (Phi) is 7.59. The number of rotatable bonds is 8. The van der Waals surface area contributed by atoms with Crippen LogP contribution >= 0.6 is 18.1 Å². The number of aromatic nitrogens is 4. The molecule has 210 valence electrons. The lowest BCUT2D eigenvalue weighted by atomic mass is 9.96. The quantitative estimate of drug-likeness (QED) is 0.221. The monoisotopic (exact) mass is 580 g/mol. The number of methoxy groups -OCH3 is 1. The Morgan fingerprint density at radius 3 is 2.85 bits per heavy atom. The summed E-state index contributed by atoms with van der Waals surface area (Å²) in [6.45, 7) is -0.719. The zero-order valence-electron chi connectivity index (χ0n) is 21.3. The molecule has 1 aromatic carbocycles. The van der Waals surface area contributed by atoms with Gasteiger partial charge < -0.3 is 34.7 Å². The minimum Gasteiger partial charge on any atom is -0.479 e. The van der Waals surface area contributed by atoms with Crippen molar-refractivity contribution in [3.8, 4) is 5.88 Å². The Morgan fingerprint density at radius 1 is 1.38 bits per heavy atom. The summed E-state index contributed by atoms with van der Waals surface area (Å²) >= 11 is 0.956. The van der Waals surface area contributed by atoms with Crippen molar-refractivity contribution in [2.75, 3.05) is 25.2 Å². The molecule has 1 unspecified atom stereocenters. The molecule has 2 aliphatic rings. The van der Waals surface area contributed by atoms with Crippen LogP contribution in [0.15, 0.2) is 36.7 Å². The molecule has 0 radical (unpaired) electrons. The molecule has 0 bridgehead atoms. The van der Waals surface area contributed by atoms with Gasteiger partial charge >= 0.3 is 12.7 Å². The van der Waals surface area contributed by atoms with E-state index in [0.717, 1.165) is 16.9 Å². The largest absolute Gasteiger partial charge is 0.479 e. The van der Waals surface area contributed by atoms with Gasteiger partial charge in [-0.25, -0.2) is 10.1 Å². The molecule has 0 spiro atoms. The molecule has 0 aliphatic carbocycles. The number of nitrogens with zero attached hydrogens (tertiary/aromatic N) is 4. The van der Waals surface area contributed by atoms with E-state index in [9.17, 15) is 19.6 Å². The number of ether oxygens (including phenoxy) is 3. The van der Waals surface area contributed by atoms with Crippen LogP contribution in [-0.2, 0) is 23.4 Å². The summed E-state index contributed by atoms with van der Waals surface area (Å²) in [5, 5.41) is 24.7. The topological polar surface area (TPSA) is 193 Å². The molecule has 0 saturated carbocycles. The van der Waals surface area contributed by atoms with Gasteiger partial charge in [0, 0.05) is 5.75 Å². The van der Waals surface area contributed by atoms with Crippen LogP contribution in [0.4, 0.5) is 5.95 Å². The number of carbonyl (C=O) groups is 1. The lowest BCUT2D eigenvalue weighted by Gasteiger charge is -2.27. The highest BCUT2D eigenvalue weighted by atomic mass is 32.7. The molecule has 2 saturated heterocycles. The summed E-state index contributed by atoms with van der Waals surface area (Å²) in [5.41, 5.74) is 5.33. The summed E-state index contributed by atoms with van der Waals surface area (Å²) in [7, 11) is 1.41. The van der Waals surface area contributed by atoms with Crippen LogP contribution in [0.25, 0.3) is 11.2 Å². The van der Waals surface area contributed by atoms with Gasteiger partial charge in [-0.05, 0) is 19.4 Å². The fourth-order valence-electron chi connectivity index (χ4n) is 4.45. The summed E-state index contributed by atoms with van der Waals surface area (Å²) in [4.78, 5) is 25.0. The van der Waals surface area contributed by atoms with Gasteiger partial charge in [-0.1, -0.05) is 41.7 Å². The van der Waals surface area contributed by atoms with Crippen LogP contribution in [0.5, 0.6) is 5.88 Å². The van der Waals surface area contributed by atoms with Gasteiger partial charge in [0.1, 0.15) is 30.0 Å². The minimum absolute atomic E-state index is 0.0761. The lowest BCUT2D eigenvalue weighted by molar-refractivity contribution is -0.150. The van der Waals surface area contributed by atoms with E-state index in [1.165, 1.54) is 24.9 Å². The molecule has 5 N–H and O–H groups in total. The zero-order valence-corrected chi connectivity index (χ0v) is 23.0. The van der Waals surface area contributed by atoms with Crippen molar-refractivity contribution in [3.05, 3.63) is 42.2 Å². The summed E-state index contributed by atoms with van der Waals surface area (Å²) < 4.78 is 37.0. The van der Waals surface area contributed by atoms with Crippen molar-refractivity contribution in [2.24, 2.45) is 0 Å². The number of imidazole rings is 1. The van der Waals surface area contributed by atoms with Crippen LogP contribution in [0, 0.1) is 0 Å². The van der Waals surface area contributed by atoms with Gasteiger partial charge in [0.2, 0.25) is 11.8 Å². The minimum atomic E-state index is -3.53. The van der Waals surface area contributed by atoms with E-state index in [2.05, 4.69) is 20.0 Å². The van der Waals surface area contributed by atoms with Gasteiger partial charge in [-0.3, -0.25) is 13.9 Å². The molecular weight excluding hydrogens is 551 g/mol. The Morgan fingerprint density at radius 2 is 2.13 bits per heavy atom. The van der Waals surface area contributed by atoms with E-state index in [1.54, 1.807) is 6.92 Å². The molecule has 2 aromatic heterocycles. The molecule has 7 atom stereocenters. The number of nitrogen functional groups attached to an aromatic ring is 1. The summed E-state index contributed by atoms with van der Waals surface area (Å²) in [5.74, 6) is -0.310. The molecule has 4 heterocycles. The van der Waals surface area contributed by atoms with E-state index < -0.39 is 48.9 Å². The van der Waals surface area contributed by atoms with Crippen LogP contribution in [-0.4, -0.2) is 79.0 Å². The first-order valence-electron chi connectivity index (χ1n) is 12.0. The molecule has 16 heteroatoms. The first-order chi connectivity index (χ1) is 18.5. The molecule has 5 rings (SSSR count). The maximum atomic E-state index is 13.3. The number of esters is 1. The fraction of sp³-hybridized carbons (Fsp3) is 0.478. The molecule has 2 fully saturated rings. The average molecular weight is 581 g/mol. The molecule has 14 nitrogen and oxygen atoms in total. The second-order valence-corrected chi connectivity index (χ2v) is 13.7. The van der Waals surface area contributed by atoms with E-state index in [1.807, 2.05) is 30.3 Å². The van der Waals surface area contributed by atoms with Gasteiger partial charge in [-0.2, -0.15) is 9.97 Å². The first-order valence-corrected chi connectivity index (χ1v) is 15.3. The molecule has 0 amide bonds. The van der Waals surface area contributed by atoms with Crippen molar-refractivity contribution in [3.63, 3.8) is 0 Å². The number of nitrogens with two attached hydrogens (primary N) is 1. The van der Waals surface area contributed by atoms with E-state index in [4.69, 9.17) is 24.5 Å². The van der Waals surface area contributed by atoms with Crippen molar-refractivity contribution >= 4 is 41.2 Å². The third-order valence-corrected chi connectivity index (χ3v) is 10.6. The third kappa shape index (κ3) is 5.35. The standard InChI is InChI=1S/C23H29N6O8PS/c1-12(13-7-5-4-6-8-13)36-20(31)14-10-39-38(33,28-14)35-9-15-17(30)23(2,32)21(37-15)29-11-25-16-18(29)26-22(24)27-19(16)34-3/h4-8,11-12,14-15,17,21,30,32H,9-10H2,1-3H3,(H,28,33)(H2,24,26,27)/t12-,14?,15-,17-,21-,23-,38+/m1/s1. The molecule has 3 aromatic rings. The molecule has 39 heavy (non-hydrogen) atoms. The fourth-order valence-corrected chi connectivity index (χ4v) is 8.33. The van der Waals surface area contributed by atoms with Gasteiger partial charge in [0.15, 0.2) is 17.4 Å². The van der Waals surface area contributed by atoms with Crippen LogP contribution < -0.4 is 15.6 Å². The van der Waals surface area contributed by atoms with Crippen LogP contribution in [0.3, 0.4) is 0 Å². The van der Waals surface area contributed by atoms with Gasteiger partial charge in [-0.15, -0.1) is 0 Å². The van der Waals surface area contributed by atoms with Crippen LogP contribution in [0.1, 0.15) is 31.7 Å². The number of fused-ring (bicyclic) bond motifs is 1. The SMILES string of the molecule is COc1nc(N)nc2c1ncn2[C@@H]1O[C@H](CO[P@@]2(=O)NC(C(=O)O[C@H](C)c3ccccc3)CS2)[C@@H](O)[C@@]1(C)O. The normalized spacial score (nSPS) is 31.4. The third-order valence-electron chi connectivity index (χ3n) is 6.59. The smallest absolute Gasteiger partial charge is 0.327 e. The highest BCUT2D eigenvalue weighted by Gasteiger charge is 2.54. The highest BCUT2D eigenvalue weighted by Crippen LogP contribution is 2.61. The number of aliphatic hydroxyl groups is 2. The maximum Gasteiger partial charge on any atom is 0.327 e. The maximum absolute atomic E-state index is 13.3. The second-order valence-electron chi connectivity index (χ2n) is 9.37. The Bertz CT molecular complexity index is 1410. The van der Waals surface area contributed by atoms with E-state index in [-0.39, 0.29) is 35.4 Å². The number of anilines is 1. The number of hydrogen-bond donors (Lipinski definition) is 4. The van der Waals surface area contributed by atoms with Crippen molar-refractivity contribution in [1.82, 2.24) is 24.6 Å². The number of carbonyl (C=O) groups excluding carboxylic acids is 1. The number of benzene rings is 1. The lowest BCUT2D eigenvalue weighted by Crippen LogP contribution is -2.44. The number of nitrogens with one attached hydrogen (secondary N) is 1.